The first kappa shape index (κ1) is 18.5. The highest BCUT2D eigenvalue weighted by molar-refractivity contribution is 7.89. The van der Waals surface area contributed by atoms with Crippen molar-refractivity contribution in [3.8, 4) is 0 Å². The second-order valence-corrected chi connectivity index (χ2v) is 7.46. The van der Waals surface area contributed by atoms with Crippen molar-refractivity contribution in [3.63, 3.8) is 0 Å². The van der Waals surface area contributed by atoms with E-state index in [1.807, 2.05) is 13.0 Å². The minimum absolute atomic E-state index is 0.00765. The first-order valence-corrected chi connectivity index (χ1v) is 9.25. The maximum atomic E-state index is 12.1. The van der Waals surface area contributed by atoms with Crippen LogP contribution in [0.5, 0.6) is 0 Å². The summed E-state index contributed by atoms with van der Waals surface area (Å²) in [4.78, 5) is 11.9. The van der Waals surface area contributed by atoms with E-state index >= 15 is 0 Å². The molecule has 2 rings (SSSR count). The number of halogens is 1. The minimum Gasteiger partial charge on any atom is -0.464 e. The summed E-state index contributed by atoms with van der Waals surface area (Å²) < 4.78 is 32.1. The van der Waals surface area contributed by atoms with Gasteiger partial charge in [0.2, 0.25) is 15.9 Å². The molecule has 0 aliphatic heterocycles. The molecule has 0 aliphatic rings. The van der Waals surface area contributed by atoms with Crippen molar-refractivity contribution in [2.24, 2.45) is 0 Å². The fourth-order valence-corrected chi connectivity index (χ4v) is 3.66. The molecule has 1 unspecified atom stereocenters. The average Bonchev–Trinajstić information content (AvgIpc) is 2.94. The van der Waals surface area contributed by atoms with Crippen LogP contribution in [0.2, 0.25) is 5.02 Å². The van der Waals surface area contributed by atoms with Gasteiger partial charge in [0, 0.05) is 13.0 Å². The van der Waals surface area contributed by atoms with Crippen molar-refractivity contribution in [3.05, 3.63) is 52.9 Å². The number of sulfonamides is 1. The SMILES string of the molecule is Cc1ccc(C(C)NC(=O)CCNS(=O)(=O)c2ccccc2Cl)o1. The summed E-state index contributed by atoms with van der Waals surface area (Å²) in [5.41, 5.74) is 0. The summed E-state index contributed by atoms with van der Waals surface area (Å²) in [7, 11) is -3.74. The van der Waals surface area contributed by atoms with Crippen LogP contribution >= 0.6 is 11.6 Å². The molecule has 1 aromatic carbocycles. The Morgan fingerprint density at radius 3 is 2.58 bits per heavy atom. The Morgan fingerprint density at radius 2 is 1.96 bits per heavy atom. The molecule has 0 saturated carbocycles. The number of nitrogens with one attached hydrogen (secondary N) is 2. The summed E-state index contributed by atoms with van der Waals surface area (Å²) in [6, 6.07) is 9.46. The van der Waals surface area contributed by atoms with Crippen LogP contribution < -0.4 is 10.0 Å². The van der Waals surface area contributed by atoms with Crippen molar-refractivity contribution >= 4 is 27.5 Å². The maximum absolute atomic E-state index is 12.1. The quantitative estimate of drug-likeness (QED) is 0.784. The molecule has 2 N–H and O–H groups in total. The van der Waals surface area contributed by atoms with E-state index in [4.69, 9.17) is 16.0 Å². The fourth-order valence-electron chi connectivity index (χ4n) is 2.11. The summed E-state index contributed by atoms with van der Waals surface area (Å²) >= 11 is 5.88. The van der Waals surface area contributed by atoms with Crippen molar-refractivity contribution in [1.82, 2.24) is 10.0 Å². The van der Waals surface area contributed by atoms with Crippen LogP contribution in [0.15, 0.2) is 45.7 Å². The highest BCUT2D eigenvalue weighted by Gasteiger charge is 2.18. The first-order valence-electron chi connectivity index (χ1n) is 7.39. The Balaban J connectivity index is 1.85. The van der Waals surface area contributed by atoms with E-state index in [1.54, 1.807) is 25.1 Å². The van der Waals surface area contributed by atoms with E-state index in [0.717, 1.165) is 5.76 Å². The number of benzene rings is 1. The van der Waals surface area contributed by atoms with E-state index in [9.17, 15) is 13.2 Å². The first-order chi connectivity index (χ1) is 11.3. The van der Waals surface area contributed by atoms with Crippen LogP contribution in [0.4, 0.5) is 0 Å². The van der Waals surface area contributed by atoms with Gasteiger partial charge in [-0.15, -0.1) is 0 Å². The van der Waals surface area contributed by atoms with Gasteiger partial charge >= 0.3 is 0 Å². The molecule has 0 bridgehead atoms. The van der Waals surface area contributed by atoms with Crippen LogP contribution in [0.25, 0.3) is 0 Å². The van der Waals surface area contributed by atoms with Gasteiger partial charge < -0.3 is 9.73 Å². The van der Waals surface area contributed by atoms with E-state index in [0.29, 0.717) is 5.76 Å². The third-order valence-electron chi connectivity index (χ3n) is 3.34. The zero-order chi connectivity index (χ0) is 17.7. The van der Waals surface area contributed by atoms with Crippen LogP contribution in [0.1, 0.15) is 30.9 Å². The molecular formula is C16H19ClN2O4S. The van der Waals surface area contributed by atoms with Crippen molar-refractivity contribution in [1.29, 1.82) is 0 Å². The smallest absolute Gasteiger partial charge is 0.242 e. The van der Waals surface area contributed by atoms with Crippen LogP contribution in [-0.4, -0.2) is 20.9 Å². The Hall–Kier alpha value is -1.83. The van der Waals surface area contributed by atoms with Crippen LogP contribution in [0.3, 0.4) is 0 Å². The zero-order valence-electron chi connectivity index (χ0n) is 13.4. The molecule has 0 spiro atoms. The van der Waals surface area contributed by atoms with Crippen molar-refractivity contribution < 1.29 is 17.6 Å². The van der Waals surface area contributed by atoms with E-state index in [2.05, 4.69) is 10.0 Å². The average molecular weight is 371 g/mol. The molecule has 0 saturated heterocycles. The lowest BCUT2D eigenvalue weighted by Crippen LogP contribution is -2.32. The number of hydrogen-bond acceptors (Lipinski definition) is 4. The maximum Gasteiger partial charge on any atom is 0.242 e. The summed E-state index contributed by atoms with van der Waals surface area (Å²) in [5.74, 6) is 1.13. The van der Waals surface area contributed by atoms with Crippen molar-refractivity contribution in [2.75, 3.05) is 6.54 Å². The van der Waals surface area contributed by atoms with Gasteiger partial charge in [0.1, 0.15) is 16.4 Å². The lowest BCUT2D eigenvalue weighted by atomic mass is 10.2. The Morgan fingerprint density at radius 1 is 1.25 bits per heavy atom. The number of furan rings is 1. The third-order valence-corrected chi connectivity index (χ3v) is 5.30. The number of hydrogen-bond donors (Lipinski definition) is 2. The molecule has 6 nitrogen and oxygen atoms in total. The third kappa shape index (κ3) is 4.83. The Bertz CT molecular complexity index is 817. The molecule has 0 aliphatic carbocycles. The molecule has 0 fully saturated rings. The zero-order valence-corrected chi connectivity index (χ0v) is 14.9. The van der Waals surface area contributed by atoms with Gasteiger partial charge in [-0.25, -0.2) is 13.1 Å². The highest BCUT2D eigenvalue weighted by atomic mass is 35.5. The Kier molecular flexibility index (Phi) is 6.04. The fraction of sp³-hybridized carbons (Fsp3) is 0.312. The lowest BCUT2D eigenvalue weighted by molar-refractivity contribution is -0.121. The van der Waals surface area contributed by atoms with Crippen LogP contribution in [-0.2, 0) is 14.8 Å². The van der Waals surface area contributed by atoms with Gasteiger partial charge in [0.05, 0.1) is 11.1 Å². The van der Waals surface area contributed by atoms with E-state index < -0.39 is 10.0 Å². The van der Waals surface area contributed by atoms with Gasteiger partial charge in [-0.05, 0) is 38.1 Å². The molecule has 130 valence electrons. The molecule has 1 atom stereocenters. The highest BCUT2D eigenvalue weighted by Crippen LogP contribution is 2.20. The van der Waals surface area contributed by atoms with Crippen molar-refractivity contribution in [2.45, 2.75) is 31.2 Å². The van der Waals surface area contributed by atoms with Gasteiger partial charge in [-0.3, -0.25) is 4.79 Å². The molecule has 1 aromatic heterocycles. The van der Waals surface area contributed by atoms with Crippen LogP contribution in [0, 0.1) is 6.92 Å². The monoisotopic (exact) mass is 370 g/mol. The lowest BCUT2D eigenvalue weighted by Gasteiger charge is -2.12. The number of carbonyl (C=O) groups excluding carboxylic acids is 1. The normalized spacial score (nSPS) is 12.8. The second kappa shape index (κ2) is 7.83. The molecule has 1 heterocycles. The summed E-state index contributed by atoms with van der Waals surface area (Å²) in [5, 5.41) is 2.89. The summed E-state index contributed by atoms with van der Waals surface area (Å²) in [6.07, 6.45) is 0.00765. The number of aryl methyl sites for hydroxylation is 1. The Labute approximate surface area is 146 Å². The molecule has 8 heteroatoms. The van der Waals surface area contributed by atoms with Gasteiger partial charge in [-0.2, -0.15) is 0 Å². The molecular weight excluding hydrogens is 352 g/mol. The van der Waals surface area contributed by atoms with Gasteiger partial charge in [0.25, 0.3) is 0 Å². The predicted octanol–water partition coefficient (Wildman–Crippen LogP) is 2.79. The largest absolute Gasteiger partial charge is 0.464 e. The number of carbonyl (C=O) groups is 1. The summed E-state index contributed by atoms with van der Waals surface area (Å²) in [6.45, 7) is 3.59. The van der Waals surface area contributed by atoms with E-state index in [1.165, 1.54) is 12.1 Å². The molecule has 24 heavy (non-hydrogen) atoms. The second-order valence-electron chi connectivity index (χ2n) is 5.32. The van der Waals surface area contributed by atoms with Gasteiger partial charge in [-0.1, -0.05) is 23.7 Å². The topological polar surface area (TPSA) is 88.4 Å². The number of amides is 1. The molecule has 2 aromatic rings. The number of rotatable bonds is 7. The minimum atomic E-state index is -3.74. The molecule has 0 radical (unpaired) electrons. The van der Waals surface area contributed by atoms with Gasteiger partial charge in [0.15, 0.2) is 0 Å². The standard InChI is InChI=1S/C16H19ClN2O4S/c1-11-7-8-14(23-11)12(2)19-16(20)9-10-18-24(21,22)15-6-4-3-5-13(15)17/h3-8,12,18H,9-10H2,1-2H3,(H,19,20). The molecule has 1 amide bonds. The predicted molar refractivity (Wildman–Crippen MR) is 91.3 cm³/mol. The van der Waals surface area contributed by atoms with E-state index in [-0.39, 0.29) is 34.8 Å².